The van der Waals surface area contributed by atoms with Crippen LogP contribution in [-0.4, -0.2) is 25.3 Å². The van der Waals surface area contributed by atoms with Crippen molar-refractivity contribution in [1.82, 2.24) is 5.32 Å². The molecular formula is C17H27NO2. The van der Waals surface area contributed by atoms with Gasteiger partial charge in [-0.1, -0.05) is 32.9 Å². The summed E-state index contributed by atoms with van der Waals surface area (Å²) in [4.78, 5) is 0. The zero-order valence-corrected chi connectivity index (χ0v) is 13.4. The first-order valence-electron chi connectivity index (χ1n) is 7.47. The maximum atomic E-state index is 6.04. The van der Waals surface area contributed by atoms with E-state index in [1.807, 2.05) is 6.07 Å². The number of fused-ring (bicyclic) bond motifs is 1. The van der Waals surface area contributed by atoms with Gasteiger partial charge >= 0.3 is 0 Å². The van der Waals surface area contributed by atoms with Crippen LogP contribution in [0.25, 0.3) is 0 Å². The Morgan fingerprint density at radius 1 is 1.35 bits per heavy atom. The summed E-state index contributed by atoms with van der Waals surface area (Å²) in [7, 11) is 0. The number of rotatable bonds is 6. The van der Waals surface area contributed by atoms with Crippen LogP contribution in [0.2, 0.25) is 0 Å². The fourth-order valence-corrected chi connectivity index (χ4v) is 2.49. The van der Waals surface area contributed by atoms with Crippen molar-refractivity contribution < 1.29 is 9.47 Å². The Morgan fingerprint density at radius 2 is 2.10 bits per heavy atom. The average molecular weight is 277 g/mol. The van der Waals surface area contributed by atoms with E-state index in [-0.39, 0.29) is 11.0 Å². The van der Waals surface area contributed by atoms with Gasteiger partial charge in [0.05, 0.1) is 6.61 Å². The number of ether oxygens (including phenoxy) is 2. The lowest BCUT2D eigenvalue weighted by atomic mass is 9.95. The second kappa shape index (κ2) is 5.65. The maximum Gasteiger partial charge on any atom is 0.165 e. The van der Waals surface area contributed by atoms with Gasteiger partial charge in [0.25, 0.3) is 0 Å². The van der Waals surface area contributed by atoms with E-state index in [1.165, 1.54) is 5.56 Å². The highest BCUT2D eigenvalue weighted by Gasteiger charge is 2.32. The summed E-state index contributed by atoms with van der Waals surface area (Å²) in [5, 5.41) is 3.38. The molecule has 1 aliphatic heterocycles. The lowest BCUT2D eigenvalue weighted by Gasteiger charge is -2.25. The Hall–Kier alpha value is -1.22. The van der Waals surface area contributed by atoms with Gasteiger partial charge in [0.1, 0.15) is 5.60 Å². The van der Waals surface area contributed by atoms with E-state index in [0.717, 1.165) is 31.0 Å². The zero-order valence-electron chi connectivity index (χ0n) is 13.4. The summed E-state index contributed by atoms with van der Waals surface area (Å²) in [6.07, 6.45) is 0.945. The van der Waals surface area contributed by atoms with Crippen molar-refractivity contribution in [3.63, 3.8) is 0 Å². The largest absolute Gasteiger partial charge is 0.489 e. The first-order valence-corrected chi connectivity index (χ1v) is 7.47. The minimum Gasteiger partial charge on any atom is -0.489 e. The Balaban J connectivity index is 2.04. The molecule has 0 fully saturated rings. The van der Waals surface area contributed by atoms with Gasteiger partial charge in [-0.2, -0.15) is 0 Å². The van der Waals surface area contributed by atoms with Gasteiger partial charge in [0, 0.05) is 23.9 Å². The molecule has 1 N–H and O–H groups in total. The highest BCUT2D eigenvalue weighted by Crippen LogP contribution is 2.42. The molecule has 0 atom stereocenters. The number of hydrogen-bond acceptors (Lipinski definition) is 3. The van der Waals surface area contributed by atoms with Crippen LogP contribution in [-0.2, 0) is 6.42 Å². The molecule has 2 rings (SSSR count). The Morgan fingerprint density at radius 3 is 2.80 bits per heavy atom. The van der Waals surface area contributed by atoms with Gasteiger partial charge in [0.2, 0.25) is 0 Å². The van der Waals surface area contributed by atoms with Gasteiger partial charge in [-0.05, 0) is 26.5 Å². The van der Waals surface area contributed by atoms with E-state index in [2.05, 4.69) is 52.1 Å². The molecule has 0 radical (unpaired) electrons. The molecule has 20 heavy (non-hydrogen) atoms. The van der Waals surface area contributed by atoms with Gasteiger partial charge in [0.15, 0.2) is 11.5 Å². The molecule has 112 valence electrons. The van der Waals surface area contributed by atoms with E-state index in [9.17, 15) is 0 Å². The Kier molecular flexibility index (Phi) is 4.28. The topological polar surface area (TPSA) is 30.5 Å². The fourth-order valence-electron chi connectivity index (χ4n) is 2.49. The summed E-state index contributed by atoms with van der Waals surface area (Å²) in [5.74, 6) is 1.80. The molecule has 1 heterocycles. The molecule has 0 saturated carbocycles. The highest BCUT2D eigenvalue weighted by atomic mass is 16.5. The predicted octanol–water partition coefficient (Wildman–Crippen LogP) is 3.41. The van der Waals surface area contributed by atoms with Crippen molar-refractivity contribution in [2.24, 2.45) is 5.41 Å². The molecule has 0 amide bonds. The molecule has 0 aromatic heterocycles. The summed E-state index contributed by atoms with van der Waals surface area (Å²) in [6.45, 7) is 13.4. The molecule has 1 aliphatic rings. The van der Waals surface area contributed by atoms with Crippen LogP contribution < -0.4 is 14.8 Å². The average Bonchev–Trinajstić information content (AvgIpc) is 2.68. The Bertz CT molecular complexity index is 466. The summed E-state index contributed by atoms with van der Waals surface area (Å²) < 4.78 is 12.1. The number of nitrogens with one attached hydrogen (secondary N) is 1. The Labute approximate surface area is 122 Å². The van der Waals surface area contributed by atoms with E-state index in [1.54, 1.807) is 0 Å². The van der Waals surface area contributed by atoms with Gasteiger partial charge < -0.3 is 14.8 Å². The minimum atomic E-state index is -0.124. The second-order valence-electron chi connectivity index (χ2n) is 7.02. The zero-order chi connectivity index (χ0) is 14.8. The van der Waals surface area contributed by atoms with Crippen LogP contribution >= 0.6 is 0 Å². The molecule has 3 heteroatoms. The standard InChI is InChI=1S/C17H27NO2/c1-6-18-11-16(2,3)12-19-14-9-7-8-13-10-17(4,5)20-15(13)14/h7-9,18H,6,10-12H2,1-5H3. The van der Waals surface area contributed by atoms with Crippen LogP contribution in [0.4, 0.5) is 0 Å². The third-order valence-electron chi connectivity index (χ3n) is 3.53. The van der Waals surface area contributed by atoms with Crippen LogP contribution in [0, 0.1) is 5.41 Å². The van der Waals surface area contributed by atoms with Gasteiger partial charge in [-0.25, -0.2) is 0 Å². The fraction of sp³-hybridized carbons (Fsp3) is 0.647. The van der Waals surface area contributed by atoms with Crippen LogP contribution in [0.3, 0.4) is 0 Å². The molecular weight excluding hydrogens is 250 g/mol. The smallest absolute Gasteiger partial charge is 0.165 e. The quantitative estimate of drug-likeness (QED) is 0.864. The third kappa shape index (κ3) is 3.66. The van der Waals surface area contributed by atoms with Crippen LogP contribution in [0.1, 0.15) is 40.2 Å². The highest BCUT2D eigenvalue weighted by molar-refractivity contribution is 5.50. The lowest BCUT2D eigenvalue weighted by molar-refractivity contribution is 0.124. The van der Waals surface area contributed by atoms with E-state index in [0.29, 0.717) is 6.61 Å². The predicted molar refractivity (Wildman–Crippen MR) is 82.7 cm³/mol. The second-order valence-corrected chi connectivity index (χ2v) is 7.02. The van der Waals surface area contributed by atoms with Crippen molar-refractivity contribution in [3.8, 4) is 11.5 Å². The van der Waals surface area contributed by atoms with Crippen molar-refractivity contribution >= 4 is 0 Å². The van der Waals surface area contributed by atoms with Gasteiger partial charge in [-0.3, -0.25) is 0 Å². The summed E-state index contributed by atoms with van der Waals surface area (Å²) >= 11 is 0. The molecule has 1 aromatic carbocycles. The van der Waals surface area contributed by atoms with Gasteiger partial charge in [-0.15, -0.1) is 0 Å². The maximum absolute atomic E-state index is 6.04. The normalized spacial score (nSPS) is 16.6. The van der Waals surface area contributed by atoms with Crippen molar-refractivity contribution in [3.05, 3.63) is 23.8 Å². The van der Waals surface area contributed by atoms with E-state index < -0.39 is 0 Å². The molecule has 0 spiro atoms. The summed E-state index contributed by atoms with van der Waals surface area (Å²) in [6, 6.07) is 6.18. The number of para-hydroxylation sites is 1. The summed E-state index contributed by atoms with van der Waals surface area (Å²) in [5.41, 5.74) is 1.23. The third-order valence-corrected chi connectivity index (χ3v) is 3.53. The monoisotopic (exact) mass is 277 g/mol. The minimum absolute atomic E-state index is 0.104. The van der Waals surface area contributed by atoms with Crippen molar-refractivity contribution in [1.29, 1.82) is 0 Å². The van der Waals surface area contributed by atoms with Crippen LogP contribution in [0.5, 0.6) is 11.5 Å². The molecule has 3 nitrogen and oxygen atoms in total. The molecule has 0 unspecified atom stereocenters. The SMILES string of the molecule is CCNCC(C)(C)COc1cccc2c1OC(C)(C)C2. The number of hydrogen-bond donors (Lipinski definition) is 1. The van der Waals surface area contributed by atoms with E-state index in [4.69, 9.17) is 9.47 Å². The van der Waals surface area contributed by atoms with E-state index >= 15 is 0 Å². The number of benzene rings is 1. The van der Waals surface area contributed by atoms with Crippen molar-refractivity contribution in [2.75, 3.05) is 19.7 Å². The molecule has 0 bridgehead atoms. The molecule has 1 aromatic rings. The molecule has 0 saturated heterocycles. The van der Waals surface area contributed by atoms with Crippen LogP contribution in [0.15, 0.2) is 18.2 Å². The first kappa shape index (κ1) is 15.2. The molecule has 0 aliphatic carbocycles. The van der Waals surface area contributed by atoms with Crippen molar-refractivity contribution in [2.45, 2.75) is 46.6 Å². The lowest BCUT2D eigenvalue weighted by Crippen LogP contribution is -2.34. The first-order chi connectivity index (χ1) is 9.33.